The smallest absolute Gasteiger partial charge is 0.340 e. The highest BCUT2D eigenvalue weighted by Gasteiger charge is 2.79. The van der Waals surface area contributed by atoms with E-state index in [-0.39, 0.29) is 42.8 Å². The molecule has 1 spiro atoms. The van der Waals surface area contributed by atoms with Gasteiger partial charge in [0.05, 0.1) is 0 Å². The maximum atomic E-state index is 11.4. The molecule has 0 saturated carbocycles. The third kappa shape index (κ3) is 8.07. The zero-order valence-electron chi connectivity index (χ0n) is 23.9. The highest BCUT2D eigenvalue weighted by Crippen LogP contribution is 2.43. The van der Waals surface area contributed by atoms with E-state index in [1.54, 1.807) is 20.8 Å². The molecule has 3 heterocycles. The van der Waals surface area contributed by atoms with Gasteiger partial charge >= 0.3 is 29.3 Å². The van der Waals surface area contributed by atoms with Crippen molar-refractivity contribution in [1.82, 2.24) is 20.4 Å². The summed E-state index contributed by atoms with van der Waals surface area (Å²) < 4.78 is 4.08. The van der Waals surface area contributed by atoms with Crippen LogP contribution in [0.25, 0.3) is 0 Å². The number of amides is 6. The Morgan fingerprint density at radius 2 is 1.11 bits per heavy atom. The van der Waals surface area contributed by atoms with Crippen LogP contribution in [0.5, 0.6) is 0 Å². The Morgan fingerprint density at radius 1 is 0.756 bits per heavy atom. The zero-order chi connectivity index (χ0) is 32.7. The first kappa shape index (κ1) is 50.0. The lowest BCUT2D eigenvalue weighted by atomic mass is 9.69. The Kier molecular flexibility index (Phi) is 20.9. The highest BCUT2D eigenvalue weighted by molar-refractivity contribution is 6.52. The average Bonchev–Trinajstić information content (AvgIpc) is 2.90. The summed E-state index contributed by atoms with van der Waals surface area (Å²) >= 11 is 0. The molecule has 17 heteroatoms. The van der Waals surface area contributed by atoms with E-state index in [1.807, 2.05) is 10.6 Å². The fourth-order valence-electron chi connectivity index (χ4n) is 3.26. The second-order valence-corrected chi connectivity index (χ2v) is 9.08. The van der Waals surface area contributed by atoms with Crippen LogP contribution in [0.3, 0.4) is 0 Å². The molecule has 45 heavy (non-hydrogen) atoms. The van der Waals surface area contributed by atoms with Crippen molar-refractivity contribution in [1.29, 1.82) is 0 Å². The standard InChI is InChI=1S/C8H12N2O6.C8H8N2O4.C5H6O3.C3H8.4CH4/c1-3-10-5(12)8(6(13)14,7(15)16)4(11)9-2;1-3-10-6(13)8(7(10)14)4(11)9(2)5(8)12;1-5(2)3(6)8-4(5)7;1-3-2;;;;/h3H2,1-2H3,(H,9,11)(H,10,12)(H,13,14)(H,15,16);3H2,1-2H3;1-2H3;3H2,1-2H3;4*1H4. The van der Waals surface area contributed by atoms with Gasteiger partial charge in [-0.1, -0.05) is 50.0 Å². The molecule has 0 aromatic carbocycles. The van der Waals surface area contributed by atoms with Gasteiger partial charge in [-0.2, -0.15) is 0 Å². The second-order valence-electron chi connectivity index (χ2n) is 9.08. The van der Waals surface area contributed by atoms with Crippen molar-refractivity contribution in [2.24, 2.45) is 16.2 Å². The second kappa shape index (κ2) is 18.9. The van der Waals surface area contributed by atoms with Crippen LogP contribution >= 0.6 is 0 Å². The van der Waals surface area contributed by atoms with Crippen LogP contribution in [-0.4, -0.2) is 107 Å². The average molecular weight is 651 g/mol. The molecule has 0 radical (unpaired) electrons. The maximum absolute atomic E-state index is 11.4. The number of nitrogens with zero attached hydrogens (tertiary/aromatic N) is 2. The number of hydrogen-bond acceptors (Lipinski definition) is 11. The van der Waals surface area contributed by atoms with E-state index in [0.29, 0.717) is 0 Å². The van der Waals surface area contributed by atoms with Crippen LogP contribution in [0.4, 0.5) is 0 Å². The van der Waals surface area contributed by atoms with Gasteiger partial charge in [0, 0.05) is 27.2 Å². The number of aliphatic carboxylic acids is 2. The molecule has 0 bridgehead atoms. The van der Waals surface area contributed by atoms with Crippen molar-refractivity contribution in [3.8, 4) is 0 Å². The van der Waals surface area contributed by atoms with Crippen LogP contribution in [0.1, 0.15) is 77.7 Å². The van der Waals surface area contributed by atoms with Gasteiger partial charge < -0.3 is 25.6 Å². The number of imide groups is 2. The zero-order valence-corrected chi connectivity index (χ0v) is 23.9. The molecule has 0 atom stereocenters. The molecule has 6 amide bonds. The molecular formula is C28H50N4O13. The first-order valence-corrected chi connectivity index (χ1v) is 12.2. The summed E-state index contributed by atoms with van der Waals surface area (Å²) in [4.78, 5) is 112. The molecule has 0 aliphatic carbocycles. The summed E-state index contributed by atoms with van der Waals surface area (Å²) in [7, 11) is 2.30. The van der Waals surface area contributed by atoms with Gasteiger partial charge in [0.25, 0.3) is 40.9 Å². The van der Waals surface area contributed by atoms with E-state index in [2.05, 4.69) is 18.6 Å². The number of hydrogen-bond donors (Lipinski definition) is 4. The summed E-state index contributed by atoms with van der Waals surface area (Å²) in [6.45, 7) is 10.6. The highest BCUT2D eigenvalue weighted by atomic mass is 16.6. The summed E-state index contributed by atoms with van der Waals surface area (Å²) in [6, 6.07) is 0. The Labute approximate surface area is 264 Å². The van der Waals surface area contributed by atoms with Gasteiger partial charge in [-0.05, 0) is 27.7 Å². The van der Waals surface area contributed by atoms with E-state index >= 15 is 0 Å². The summed E-state index contributed by atoms with van der Waals surface area (Å²) in [5, 5.41) is 21.4. The van der Waals surface area contributed by atoms with Gasteiger partial charge in [0.1, 0.15) is 0 Å². The molecule has 3 aliphatic heterocycles. The van der Waals surface area contributed by atoms with Crippen molar-refractivity contribution in [2.45, 2.75) is 77.7 Å². The van der Waals surface area contributed by atoms with E-state index in [4.69, 9.17) is 10.2 Å². The fraction of sp³-hybridized carbons (Fsp3) is 0.643. The van der Waals surface area contributed by atoms with Crippen molar-refractivity contribution in [2.75, 3.05) is 27.2 Å². The molecule has 3 saturated heterocycles. The van der Waals surface area contributed by atoms with Crippen LogP contribution in [0.15, 0.2) is 0 Å². The number of carboxylic acids is 2. The normalized spacial score (nSPS) is 15.9. The number of esters is 2. The van der Waals surface area contributed by atoms with Crippen molar-refractivity contribution >= 4 is 59.3 Å². The first-order chi connectivity index (χ1) is 18.8. The number of ether oxygens (including phenoxy) is 1. The SMILES string of the molecule is C.C.C.C.CC1(C)C(=O)OC1=O.CCC.CCN1C(=O)C2(C(=O)N(C)C2=O)C1=O.CCNC(=O)C(C(=O)O)(C(=O)O)C(=O)NC. The number of carbonyl (C=O) groups excluding carboxylic acids is 8. The quantitative estimate of drug-likeness (QED) is 0.173. The number of nitrogens with one attached hydrogen (secondary N) is 2. The topological polar surface area (TPSA) is 251 Å². The number of rotatable bonds is 6. The molecule has 0 aromatic rings. The minimum absolute atomic E-state index is 0. The van der Waals surface area contributed by atoms with Gasteiger partial charge in [-0.25, -0.2) is 9.59 Å². The number of β-lactam (4-membered cyclic amide) rings is 4. The van der Waals surface area contributed by atoms with Crippen molar-refractivity contribution < 1.29 is 62.9 Å². The molecule has 4 N–H and O–H groups in total. The van der Waals surface area contributed by atoms with E-state index in [1.165, 1.54) is 20.4 Å². The van der Waals surface area contributed by atoms with Crippen LogP contribution < -0.4 is 10.6 Å². The van der Waals surface area contributed by atoms with Gasteiger partial charge in [0.2, 0.25) is 0 Å². The molecule has 3 aliphatic rings. The number of likely N-dealkylation sites (tertiary alicyclic amines) is 2. The van der Waals surface area contributed by atoms with E-state index in [0.717, 1.165) is 16.8 Å². The van der Waals surface area contributed by atoms with Gasteiger partial charge in [-0.15, -0.1) is 0 Å². The Morgan fingerprint density at radius 3 is 1.31 bits per heavy atom. The number of cyclic esters (lactones) is 2. The molecule has 3 fully saturated rings. The van der Waals surface area contributed by atoms with Crippen molar-refractivity contribution in [3.63, 3.8) is 0 Å². The summed E-state index contributed by atoms with van der Waals surface area (Å²) in [6.07, 6.45) is 1.25. The predicted octanol–water partition coefficient (Wildman–Crippen LogP) is 0.441. The summed E-state index contributed by atoms with van der Waals surface area (Å²) in [5.74, 6) is -10.5. The maximum Gasteiger partial charge on any atom is 0.340 e. The molecule has 17 nitrogen and oxygen atoms in total. The molecule has 3 rings (SSSR count). The summed E-state index contributed by atoms with van der Waals surface area (Å²) in [5.41, 5.74) is -5.99. The van der Waals surface area contributed by atoms with Gasteiger partial charge in [0.15, 0.2) is 5.41 Å². The molecule has 0 unspecified atom stereocenters. The Balaban J connectivity index is -0.000000169. The minimum Gasteiger partial charge on any atom is -0.480 e. The lowest BCUT2D eigenvalue weighted by Gasteiger charge is -2.51. The van der Waals surface area contributed by atoms with Crippen LogP contribution in [0.2, 0.25) is 0 Å². The largest absolute Gasteiger partial charge is 0.480 e. The first-order valence-electron chi connectivity index (χ1n) is 12.2. The third-order valence-corrected chi connectivity index (χ3v) is 5.79. The molecular weight excluding hydrogens is 600 g/mol. The van der Waals surface area contributed by atoms with Crippen LogP contribution in [0, 0.1) is 16.2 Å². The van der Waals surface area contributed by atoms with E-state index in [9.17, 15) is 47.9 Å². The molecule has 260 valence electrons. The Bertz CT molecular complexity index is 1110. The Hall–Kier alpha value is -4.70. The predicted molar refractivity (Wildman–Crippen MR) is 161 cm³/mol. The lowest BCUT2D eigenvalue weighted by molar-refractivity contribution is -0.199. The number of carbonyl (C=O) groups is 10. The minimum atomic E-state index is -3.15. The lowest BCUT2D eigenvalue weighted by Crippen LogP contribution is -2.83. The number of carboxylic acid groups (broad SMARTS) is 2. The fourth-order valence-corrected chi connectivity index (χ4v) is 3.26. The molecule has 0 aromatic heterocycles. The monoisotopic (exact) mass is 650 g/mol. The van der Waals surface area contributed by atoms with Crippen molar-refractivity contribution in [3.05, 3.63) is 0 Å². The van der Waals surface area contributed by atoms with Gasteiger partial charge in [-0.3, -0.25) is 48.2 Å². The van der Waals surface area contributed by atoms with E-state index < -0.39 is 75.6 Å². The van der Waals surface area contributed by atoms with Crippen LogP contribution in [-0.2, 0) is 52.7 Å². The third-order valence-electron chi connectivity index (χ3n) is 5.79.